The number of aliphatic hydroxyl groups is 2. The quantitative estimate of drug-likeness (QED) is 0.0207. The molecular formula is C64H77N5O19. The summed E-state index contributed by atoms with van der Waals surface area (Å²) in [6.07, 6.45) is -9.82. The number of benzene rings is 3. The number of carbonyl (C=O) groups is 9. The van der Waals surface area contributed by atoms with E-state index in [4.69, 9.17) is 44.6 Å². The first-order chi connectivity index (χ1) is 41.6. The molecule has 24 nitrogen and oxygen atoms in total. The summed E-state index contributed by atoms with van der Waals surface area (Å²) in [5.74, 6) is -9.46. The second-order valence-electron chi connectivity index (χ2n) is 24.2. The van der Waals surface area contributed by atoms with Crippen molar-refractivity contribution in [3.8, 4) is 0 Å². The number of esters is 4. The molecule has 88 heavy (non-hydrogen) atoms. The van der Waals surface area contributed by atoms with Gasteiger partial charge in [-0.1, -0.05) is 93.6 Å². The Morgan fingerprint density at radius 1 is 0.818 bits per heavy atom. The largest absolute Gasteiger partial charge is 0.509 e. The van der Waals surface area contributed by atoms with E-state index in [0.29, 0.717) is 12.8 Å². The van der Waals surface area contributed by atoms with Crippen molar-refractivity contribution in [2.45, 2.75) is 166 Å². The Balaban J connectivity index is 1.20. The van der Waals surface area contributed by atoms with Gasteiger partial charge >= 0.3 is 36.0 Å². The van der Waals surface area contributed by atoms with Crippen LogP contribution in [-0.4, -0.2) is 148 Å². The van der Waals surface area contributed by atoms with Crippen molar-refractivity contribution in [3.63, 3.8) is 0 Å². The van der Waals surface area contributed by atoms with Crippen LogP contribution in [0.1, 0.15) is 132 Å². The number of allylic oxidation sites excluding steroid dienone is 1. The third kappa shape index (κ3) is 13.2. The van der Waals surface area contributed by atoms with Crippen LogP contribution in [-0.2, 0) is 61.9 Å². The summed E-state index contributed by atoms with van der Waals surface area (Å²) < 4.78 is 43.0. The summed E-state index contributed by atoms with van der Waals surface area (Å²) in [7, 11) is 0. The number of carboxylic acids is 1. The molecule has 0 spiro atoms. The third-order valence-corrected chi connectivity index (χ3v) is 18.2. The van der Waals surface area contributed by atoms with Gasteiger partial charge in [-0.2, -0.15) is 0 Å². The standard InChI is InChI=1S/C64H77N5O19/c1-35-43(33-64(81)52(87-55(77)40-24-15-10-16-25-40)50-62(7,44(72)32-45-63(50,34-82-45)88-37(3)71)51(73)48(83-36(2)70)46(35)60(64,4)5)85-56(78)49(47(38-20-11-8-12-21-38)69-53(74)39-22-13-9-14-23-39)86-59(80)84-41-26-17-18-29-61(6,30-28-41)57(79)68-42(54(75)76)27-19-31-67-58(65)66/h8-17,20-26,41-45,47-50,52,72,81H,18-19,27-34H2,1-7H3,(H,68,79)(H,69,74)(H,75,76)(H4,65,66,67)/b26-17+/t41-,42?,43-,44-,45+,47-,48+,49+,50-,52-,61+,62+,63-,64+/m0/s1. The maximum atomic E-state index is 15.9. The maximum absolute atomic E-state index is 15.9. The summed E-state index contributed by atoms with van der Waals surface area (Å²) in [6, 6.07) is 20.8. The number of ketones is 1. The van der Waals surface area contributed by atoms with Crippen LogP contribution in [0.25, 0.3) is 0 Å². The Morgan fingerprint density at radius 2 is 1.45 bits per heavy atom. The molecule has 14 atom stereocenters. The van der Waals surface area contributed by atoms with Crippen LogP contribution in [0.2, 0.25) is 0 Å². The Bertz CT molecular complexity index is 3240. The van der Waals surface area contributed by atoms with Crippen molar-refractivity contribution in [2.24, 2.45) is 38.6 Å². The van der Waals surface area contributed by atoms with Gasteiger partial charge in [0.25, 0.3) is 5.91 Å². The van der Waals surface area contributed by atoms with E-state index in [0.717, 1.165) is 13.8 Å². The zero-order valence-electron chi connectivity index (χ0n) is 50.1. The number of Topliss-reactive ketones (excluding diaryl/α,β-unsaturated/α-hetero) is 1. The number of carbonyl (C=O) groups excluding carboxylic acids is 8. The van der Waals surface area contributed by atoms with E-state index in [9.17, 15) is 48.9 Å². The second-order valence-corrected chi connectivity index (χ2v) is 24.2. The molecule has 5 aliphatic rings. The maximum Gasteiger partial charge on any atom is 0.509 e. The SMILES string of the molecule is CC(=O)O[C@H]1C(=O)[C@@]2(C)[C@H]([C@H](OC(=O)c3ccccc3)[C@]3(O)C[C@H](OC(=O)[C@H](OC(=O)O[C@H]4/C=C/CC[C@@](C)(C(=O)NC(CCCN=C(N)N)C(=O)O)CC4)[C@@H](NC(=O)c4ccccc4)c4ccccc4)C(C)=C1C3(C)C)[C@]1(OC(C)=O)CO[C@@H]1C[C@@H]2O. The van der Waals surface area contributed by atoms with Crippen LogP contribution in [0.4, 0.5) is 4.79 Å². The van der Waals surface area contributed by atoms with Crippen LogP contribution in [0.5, 0.6) is 0 Å². The number of nitrogens with one attached hydrogen (secondary N) is 2. The first-order valence-corrected chi connectivity index (χ1v) is 29.2. The number of hydrogen-bond donors (Lipinski definition) is 7. The summed E-state index contributed by atoms with van der Waals surface area (Å²) in [4.78, 5) is 132. The summed E-state index contributed by atoms with van der Waals surface area (Å²) >= 11 is 0. The molecule has 2 saturated carbocycles. The average molecular weight is 1220 g/mol. The Morgan fingerprint density at radius 3 is 2.05 bits per heavy atom. The molecule has 1 heterocycles. The van der Waals surface area contributed by atoms with E-state index in [1.807, 2.05) is 0 Å². The van der Waals surface area contributed by atoms with Gasteiger partial charge in [0.1, 0.15) is 42.1 Å². The molecule has 4 aliphatic carbocycles. The number of aliphatic carboxylic acids is 1. The van der Waals surface area contributed by atoms with Gasteiger partial charge < -0.3 is 70.6 Å². The van der Waals surface area contributed by atoms with Crippen molar-refractivity contribution < 1.29 is 91.6 Å². The summed E-state index contributed by atoms with van der Waals surface area (Å²) in [5.41, 5.74) is 1.57. The fourth-order valence-corrected chi connectivity index (χ4v) is 13.3. The number of nitrogens with zero attached hydrogens (tertiary/aromatic N) is 1. The molecule has 472 valence electrons. The fourth-order valence-electron chi connectivity index (χ4n) is 13.3. The van der Waals surface area contributed by atoms with Gasteiger partial charge in [0.15, 0.2) is 23.4 Å². The van der Waals surface area contributed by atoms with Gasteiger partial charge in [-0.05, 0) is 99.4 Å². The number of ether oxygens (including phenoxy) is 7. The van der Waals surface area contributed by atoms with E-state index in [1.165, 1.54) is 52.0 Å². The number of amides is 2. The van der Waals surface area contributed by atoms with Crippen LogP contribution >= 0.6 is 0 Å². The van der Waals surface area contributed by atoms with Gasteiger partial charge in [0.2, 0.25) is 12.0 Å². The number of nitrogens with two attached hydrogens (primary N) is 2. The monoisotopic (exact) mass is 1220 g/mol. The minimum absolute atomic E-state index is 0.00381. The molecule has 1 saturated heterocycles. The zero-order valence-corrected chi connectivity index (χ0v) is 50.1. The lowest BCUT2D eigenvalue weighted by molar-refractivity contribution is -0.346. The molecule has 0 aromatic heterocycles. The number of rotatable bonds is 19. The highest BCUT2D eigenvalue weighted by Gasteiger charge is 2.78. The minimum atomic E-state index is -2.55. The molecule has 2 bridgehead atoms. The molecule has 3 aromatic rings. The molecule has 1 aliphatic heterocycles. The number of fused-ring (bicyclic) bond motifs is 5. The molecule has 9 N–H and O–H groups in total. The molecule has 24 heteroatoms. The van der Waals surface area contributed by atoms with Crippen LogP contribution in [0, 0.1) is 22.2 Å². The van der Waals surface area contributed by atoms with E-state index in [2.05, 4.69) is 15.6 Å². The minimum Gasteiger partial charge on any atom is -0.480 e. The molecular weight excluding hydrogens is 1140 g/mol. The topological polar surface area (TPSA) is 367 Å². The Hall–Kier alpha value is -8.48. The lowest BCUT2D eigenvalue weighted by Gasteiger charge is -2.67. The molecule has 1 unspecified atom stereocenters. The first kappa shape index (κ1) is 65.5. The van der Waals surface area contributed by atoms with Crippen molar-refractivity contribution >= 4 is 59.6 Å². The highest BCUT2D eigenvalue weighted by molar-refractivity contribution is 5.97. The second kappa shape index (κ2) is 26.5. The summed E-state index contributed by atoms with van der Waals surface area (Å²) in [5, 5.41) is 41.9. The molecule has 3 fully saturated rings. The number of guanidine groups is 1. The zero-order chi connectivity index (χ0) is 64.1. The molecule has 2 amide bonds. The molecule has 8 rings (SSSR count). The lowest BCUT2D eigenvalue weighted by Crippen LogP contribution is -2.82. The fraction of sp³-hybridized carbons (Fsp3) is 0.500. The van der Waals surface area contributed by atoms with Gasteiger partial charge in [0.05, 0.1) is 29.6 Å². The Labute approximate surface area is 508 Å². The normalized spacial score (nSPS) is 30.0. The smallest absolute Gasteiger partial charge is 0.480 e. The van der Waals surface area contributed by atoms with Crippen LogP contribution in [0.3, 0.4) is 0 Å². The number of aliphatic imine (C=N–C) groups is 1. The first-order valence-electron chi connectivity index (χ1n) is 29.2. The van der Waals surface area contributed by atoms with E-state index >= 15 is 9.59 Å². The lowest BCUT2D eigenvalue weighted by atomic mass is 9.44. The van der Waals surface area contributed by atoms with Crippen molar-refractivity contribution in [1.29, 1.82) is 0 Å². The predicted molar refractivity (Wildman–Crippen MR) is 312 cm³/mol. The molecule has 0 radical (unpaired) electrons. The van der Waals surface area contributed by atoms with Crippen LogP contribution in [0.15, 0.2) is 119 Å². The number of hydrogen-bond acceptors (Lipinski definition) is 19. The molecule has 3 aromatic carbocycles. The van der Waals surface area contributed by atoms with Gasteiger partial charge in [-0.25, -0.2) is 19.2 Å². The third-order valence-electron chi connectivity index (χ3n) is 18.2. The van der Waals surface area contributed by atoms with Gasteiger partial charge in [-0.15, -0.1) is 0 Å². The van der Waals surface area contributed by atoms with Gasteiger partial charge in [-0.3, -0.25) is 29.0 Å². The predicted octanol–water partition coefficient (Wildman–Crippen LogP) is 5.02. The van der Waals surface area contributed by atoms with Gasteiger partial charge in [0, 0.05) is 49.6 Å². The van der Waals surface area contributed by atoms with Crippen molar-refractivity contribution in [3.05, 3.63) is 131 Å². The number of aliphatic hydroxyl groups excluding tert-OH is 1. The van der Waals surface area contributed by atoms with E-state index in [1.54, 1.807) is 85.8 Å². The average Bonchev–Trinajstić information content (AvgIpc) is 0.672. The Kier molecular flexibility index (Phi) is 19.7. The van der Waals surface area contributed by atoms with Crippen LogP contribution < -0.4 is 22.1 Å². The van der Waals surface area contributed by atoms with E-state index < -0.39 is 155 Å². The number of carboxylic acid groups (broad SMARTS) is 1. The van der Waals surface area contributed by atoms with Crippen molar-refractivity contribution in [2.75, 3.05) is 13.2 Å². The summed E-state index contributed by atoms with van der Waals surface area (Å²) in [6.45, 7) is 9.45. The van der Waals surface area contributed by atoms with Crippen molar-refractivity contribution in [1.82, 2.24) is 10.6 Å². The highest BCUT2D eigenvalue weighted by atomic mass is 16.7. The van der Waals surface area contributed by atoms with E-state index in [-0.39, 0.29) is 72.4 Å². The highest BCUT2D eigenvalue weighted by Crippen LogP contribution is 2.64.